The summed E-state index contributed by atoms with van der Waals surface area (Å²) in [6.45, 7) is 4.00. The topological polar surface area (TPSA) is 41.6 Å². The molecule has 0 saturated heterocycles. The fraction of sp³-hybridized carbons (Fsp3) is 0.174. The maximum Gasteiger partial charge on any atom is 0.261 e. The monoisotopic (exact) mass is 398 g/mol. The molecular weight excluding hydrogens is 374 g/mol. The molecule has 0 aliphatic carbocycles. The van der Waals surface area contributed by atoms with E-state index in [0.717, 1.165) is 17.8 Å². The molecule has 152 valence electrons. The van der Waals surface area contributed by atoms with Crippen LogP contribution in [0.25, 0.3) is 0 Å². The quantitative estimate of drug-likeness (QED) is 0.564. The lowest BCUT2D eigenvalue weighted by atomic mass is 10.1. The highest BCUT2D eigenvalue weighted by Gasteiger charge is 2.17. The minimum absolute atomic E-state index is 0.399. The summed E-state index contributed by atoms with van der Waals surface area (Å²) >= 11 is 0. The Balaban J connectivity index is 0.00000145. The summed E-state index contributed by atoms with van der Waals surface area (Å²) in [5.41, 5.74) is 0.707. The van der Waals surface area contributed by atoms with E-state index in [-0.39, 0.29) is 0 Å². The number of halogens is 2. The highest BCUT2D eigenvalue weighted by atomic mass is 19.1. The van der Waals surface area contributed by atoms with Crippen LogP contribution in [0.15, 0.2) is 66.7 Å². The normalized spacial score (nSPS) is 9.86. The maximum atomic E-state index is 13.7. The predicted octanol–water partition coefficient (Wildman–Crippen LogP) is 6.10. The summed E-state index contributed by atoms with van der Waals surface area (Å²) in [4.78, 5) is 14.1. The largest absolute Gasteiger partial charge is 0.455 e. The van der Waals surface area contributed by atoms with Gasteiger partial charge in [-0.15, -0.1) is 0 Å². The first-order valence-corrected chi connectivity index (χ1v) is 9.25. The van der Waals surface area contributed by atoms with E-state index in [1.807, 2.05) is 57.1 Å². The third-order valence-corrected chi connectivity index (χ3v) is 3.88. The minimum Gasteiger partial charge on any atom is -0.455 e. The number of benzene rings is 3. The Kier molecular flexibility index (Phi) is 7.71. The van der Waals surface area contributed by atoms with Gasteiger partial charge in [0.2, 0.25) is 0 Å². The highest BCUT2D eigenvalue weighted by molar-refractivity contribution is 6.04. The first-order chi connectivity index (χ1) is 14.0. The number of anilines is 2. The van der Waals surface area contributed by atoms with E-state index in [1.54, 1.807) is 24.3 Å². The molecule has 0 unspecified atom stereocenters. The molecule has 0 aliphatic heterocycles. The van der Waals surface area contributed by atoms with Crippen LogP contribution in [0.3, 0.4) is 0 Å². The van der Waals surface area contributed by atoms with E-state index in [1.165, 1.54) is 6.07 Å². The molecule has 0 saturated carbocycles. The van der Waals surface area contributed by atoms with Crippen molar-refractivity contribution in [3.05, 3.63) is 83.9 Å². The van der Waals surface area contributed by atoms with Gasteiger partial charge < -0.3 is 15.0 Å². The Morgan fingerprint density at radius 2 is 1.45 bits per heavy atom. The Hall–Kier alpha value is -3.41. The second-order valence-corrected chi connectivity index (χ2v) is 6.04. The Morgan fingerprint density at radius 1 is 0.862 bits per heavy atom. The van der Waals surface area contributed by atoms with Crippen molar-refractivity contribution >= 4 is 17.3 Å². The van der Waals surface area contributed by atoms with Crippen LogP contribution in [0.2, 0.25) is 0 Å². The van der Waals surface area contributed by atoms with Crippen LogP contribution in [0.4, 0.5) is 20.2 Å². The van der Waals surface area contributed by atoms with Gasteiger partial charge in [0.05, 0.1) is 5.69 Å². The van der Waals surface area contributed by atoms with E-state index in [2.05, 4.69) is 5.32 Å². The lowest BCUT2D eigenvalue weighted by Gasteiger charge is -2.17. The molecule has 3 rings (SSSR count). The van der Waals surface area contributed by atoms with Crippen LogP contribution in [0, 0.1) is 11.6 Å². The van der Waals surface area contributed by atoms with Crippen molar-refractivity contribution in [1.82, 2.24) is 0 Å². The second-order valence-electron chi connectivity index (χ2n) is 6.04. The summed E-state index contributed by atoms with van der Waals surface area (Å²) in [6.07, 6.45) is 0. The third kappa shape index (κ3) is 5.54. The molecule has 0 radical (unpaired) electrons. The molecule has 1 N–H and O–H groups in total. The number of carbonyl (C=O) groups is 1. The van der Waals surface area contributed by atoms with E-state index in [4.69, 9.17) is 4.74 Å². The van der Waals surface area contributed by atoms with Crippen LogP contribution in [0.1, 0.15) is 24.2 Å². The summed E-state index contributed by atoms with van der Waals surface area (Å²) in [7, 11) is 3.84. The number of nitrogens with zero attached hydrogens (tertiary/aromatic N) is 1. The molecule has 29 heavy (non-hydrogen) atoms. The molecule has 0 spiro atoms. The van der Waals surface area contributed by atoms with E-state index in [9.17, 15) is 13.6 Å². The fourth-order valence-corrected chi connectivity index (χ4v) is 2.55. The predicted molar refractivity (Wildman–Crippen MR) is 113 cm³/mol. The zero-order valence-corrected chi connectivity index (χ0v) is 16.9. The van der Waals surface area contributed by atoms with Crippen molar-refractivity contribution in [2.75, 3.05) is 24.3 Å². The Bertz CT molecular complexity index is 937. The maximum absolute atomic E-state index is 13.7. The average molecular weight is 398 g/mol. The van der Waals surface area contributed by atoms with Crippen LogP contribution in [0.5, 0.6) is 11.5 Å². The number of carbonyl (C=O) groups excluding carboxylic acids is 1. The van der Waals surface area contributed by atoms with Gasteiger partial charge in [-0.25, -0.2) is 8.78 Å². The summed E-state index contributed by atoms with van der Waals surface area (Å²) in [5.74, 6) is -1.41. The van der Waals surface area contributed by atoms with E-state index in [0.29, 0.717) is 17.2 Å². The molecule has 1 amide bonds. The Morgan fingerprint density at radius 3 is 2.03 bits per heavy atom. The summed E-state index contributed by atoms with van der Waals surface area (Å²) in [6, 6.07) is 17.4. The summed E-state index contributed by atoms with van der Waals surface area (Å²) in [5, 5.41) is 2.48. The van der Waals surface area contributed by atoms with Crippen LogP contribution in [-0.2, 0) is 0 Å². The lowest BCUT2D eigenvalue weighted by Crippen LogP contribution is -2.15. The second kappa shape index (κ2) is 10.2. The van der Waals surface area contributed by atoms with Crippen molar-refractivity contribution in [3.63, 3.8) is 0 Å². The minimum atomic E-state index is -0.909. The molecule has 0 aliphatic rings. The number of hydrogen-bond acceptors (Lipinski definition) is 3. The van der Waals surface area contributed by atoms with Gasteiger partial charge in [-0.2, -0.15) is 0 Å². The summed E-state index contributed by atoms with van der Waals surface area (Å²) < 4.78 is 33.3. The highest BCUT2D eigenvalue weighted by Crippen LogP contribution is 2.31. The van der Waals surface area contributed by atoms with Gasteiger partial charge in [0.25, 0.3) is 5.91 Å². The molecule has 6 heteroatoms. The van der Waals surface area contributed by atoms with Crippen LogP contribution >= 0.6 is 0 Å². The van der Waals surface area contributed by atoms with Gasteiger partial charge in [0, 0.05) is 19.8 Å². The van der Waals surface area contributed by atoms with Crippen molar-refractivity contribution < 1.29 is 18.3 Å². The number of hydrogen-bond donors (Lipinski definition) is 1. The van der Waals surface area contributed by atoms with Gasteiger partial charge in [-0.1, -0.05) is 32.0 Å². The molecule has 0 atom stereocenters. The van der Waals surface area contributed by atoms with Gasteiger partial charge in [-0.3, -0.25) is 4.79 Å². The lowest BCUT2D eigenvalue weighted by molar-refractivity contribution is 0.101. The van der Waals surface area contributed by atoms with Crippen molar-refractivity contribution in [3.8, 4) is 11.5 Å². The molecule has 4 nitrogen and oxygen atoms in total. The van der Waals surface area contributed by atoms with Gasteiger partial charge in [0.1, 0.15) is 22.9 Å². The zero-order chi connectivity index (χ0) is 21.4. The van der Waals surface area contributed by atoms with Crippen molar-refractivity contribution in [1.29, 1.82) is 0 Å². The number of amides is 1. The number of ether oxygens (including phenoxy) is 1. The van der Waals surface area contributed by atoms with Gasteiger partial charge in [0.15, 0.2) is 5.75 Å². The molecule has 0 fully saturated rings. The first kappa shape index (κ1) is 21.9. The van der Waals surface area contributed by atoms with Crippen molar-refractivity contribution in [2.45, 2.75) is 13.8 Å². The molecular formula is C23H24F2N2O2. The Labute approximate surface area is 169 Å². The molecule has 0 bridgehead atoms. The number of para-hydroxylation sites is 2. The number of rotatable bonds is 5. The van der Waals surface area contributed by atoms with Crippen LogP contribution in [-0.4, -0.2) is 20.0 Å². The molecule has 3 aromatic carbocycles. The number of nitrogens with one attached hydrogen (secondary N) is 1. The van der Waals surface area contributed by atoms with Crippen molar-refractivity contribution in [2.24, 2.45) is 0 Å². The average Bonchev–Trinajstić information content (AvgIpc) is 2.71. The van der Waals surface area contributed by atoms with Crippen LogP contribution < -0.4 is 15.0 Å². The standard InChI is InChI=1S/C21H18F2N2O2.C2H6/c1-25(2)18-8-3-4-9-19(18)27-15-12-10-14(11-13-15)24-21(26)20-16(22)6-5-7-17(20)23;1-2/h3-13H,1-2H3,(H,24,26);1-2H3. The SMILES string of the molecule is CC.CN(C)c1ccccc1Oc1ccc(NC(=O)c2c(F)cccc2F)cc1. The van der Waals surface area contributed by atoms with Gasteiger partial charge in [-0.05, 0) is 48.5 Å². The smallest absolute Gasteiger partial charge is 0.261 e. The van der Waals surface area contributed by atoms with E-state index >= 15 is 0 Å². The first-order valence-electron chi connectivity index (χ1n) is 9.25. The third-order valence-electron chi connectivity index (χ3n) is 3.88. The fourth-order valence-electron chi connectivity index (χ4n) is 2.55. The molecule has 3 aromatic rings. The molecule has 0 heterocycles. The van der Waals surface area contributed by atoms with Gasteiger partial charge >= 0.3 is 0 Å². The molecule has 0 aromatic heterocycles. The van der Waals surface area contributed by atoms with E-state index < -0.39 is 23.1 Å². The zero-order valence-electron chi connectivity index (χ0n) is 16.9.